The molecule has 2 aliphatic carbocycles. The summed E-state index contributed by atoms with van der Waals surface area (Å²) in [5.41, 5.74) is 11.5. The Morgan fingerprint density at radius 1 is 0.735 bits per heavy atom. The van der Waals surface area contributed by atoms with Crippen LogP contribution in [-0.2, 0) is 0 Å². The van der Waals surface area contributed by atoms with Crippen molar-refractivity contribution < 1.29 is 19.7 Å². The third kappa shape index (κ3) is 11.2. The highest BCUT2D eigenvalue weighted by Crippen LogP contribution is 2.34. The number of rotatable bonds is 11. The Kier molecular flexibility index (Phi) is 13.3. The van der Waals surface area contributed by atoms with Crippen LogP contribution in [0.4, 0.5) is 23.5 Å². The van der Waals surface area contributed by atoms with Gasteiger partial charge >= 0.3 is 0 Å². The van der Waals surface area contributed by atoms with E-state index in [0.29, 0.717) is 56.5 Å². The van der Waals surface area contributed by atoms with Gasteiger partial charge in [-0.3, -0.25) is 0 Å². The molecule has 0 aliphatic heterocycles. The number of ether oxygens (including phenoxy) is 2. The van der Waals surface area contributed by atoms with E-state index < -0.39 is 0 Å². The van der Waals surface area contributed by atoms with Gasteiger partial charge in [-0.15, -0.1) is 0 Å². The fourth-order valence-corrected chi connectivity index (χ4v) is 6.33. The number of aliphatic hydroxyl groups excluding tert-OH is 2. The molecular weight excluding hydrogens is 667 g/mol. The van der Waals surface area contributed by atoms with Gasteiger partial charge in [0.25, 0.3) is 0 Å². The van der Waals surface area contributed by atoms with E-state index in [9.17, 15) is 10.2 Å². The van der Waals surface area contributed by atoms with E-state index in [0.717, 1.165) is 57.9 Å². The number of hydrogen-bond donors (Lipinski definition) is 6. The van der Waals surface area contributed by atoms with Gasteiger partial charge in [-0.25, -0.2) is 9.97 Å². The monoisotopic (exact) mass is 710 g/mol. The highest BCUT2D eigenvalue weighted by atomic mass is 35.5. The molecule has 2 heterocycles. The molecule has 0 radical (unpaired) electrons. The van der Waals surface area contributed by atoms with Gasteiger partial charge in [0.05, 0.1) is 18.5 Å². The number of hydrogen-bond acceptors (Lipinski definition) is 12. The van der Waals surface area contributed by atoms with Crippen LogP contribution in [0.3, 0.4) is 0 Å². The van der Waals surface area contributed by atoms with Crippen molar-refractivity contribution in [1.29, 1.82) is 0 Å². The summed E-state index contributed by atoms with van der Waals surface area (Å²) in [6.45, 7) is 0.961. The molecule has 12 nitrogen and oxygen atoms in total. The number of nitrogens with one attached hydrogen (secondary N) is 2. The molecule has 2 aliphatic rings. The molecule has 6 rings (SSSR count). The Balaban J connectivity index is 0.000000191. The predicted octanol–water partition coefficient (Wildman–Crippen LogP) is 7.33. The molecule has 14 heteroatoms. The number of nitrogens with zero attached hydrogens (tertiary/aromatic N) is 4. The number of nitrogens with two attached hydrogens (primary N) is 2. The zero-order valence-electron chi connectivity index (χ0n) is 27.3. The van der Waals surface area contributed by atoms with Crippen LogP contribution in [0.5, 0.6) is 23.0 Å². The predicted molar refractivity (Wildman–Crippen MR) is 193 cm³/mol. The molecule has 0 saturated heterocycles. The molecule has 4 aromatic rings. The molecule has 2 fully saturated rings. The van der Waals surface area contributed by atoms with Gasteiger partial charge in [-0.2, -0.15) is 9.97 Å². The average Bonchev–Trinajstić information content (AvgIpc) is 3.10. The first-order valence-corrected chi connectivity index (χ1v) is 17.4. The number of anilines is 4. The molecule has 49 heavy (non-hydrogen) atoms. The van der Waals surface area contributed by atoms with Crippen LogP contribution in [0.25, 0.3) is 0 Å². The molecule has 2 aromatic heterocycles. The summed E-state index contributed by atoms with van der Waals surface area (Å²) >= 11 is 11.8. The third-order valence-electron chi connectivity index (χ3n) is 8.74. The molecule has 2 saturated carbocycles. The first kappa shape index (κ1) is 36.2. The van der Waals surface area contributed by atoms with E-state index in [1.54, 1.807) is 60.9 Å². The van der Waals surface area contributed by atoms with Crippen molar-refractivity contribution in [3.63, 3.8) is 0 Å². The summed E-state index contributed by atoms with van der Waals surface area (Å²) in [5.74, 6) is 4.80. The maximum absolute atomic E-state index is 9.59. The van der Waals surface area contributed by atoms with Gasteiger partial charge in [0, 0.05) is 29.2 Å². The van der Waals surface area contributed by atoms with Crippen molar-refractivity contribution in [2.45, 2.75) is 69.9 Å². The molecule has 8 N–H and O–H groups in total. The Labute approximate surface area is 296 Å². The zero-order chi connectivity index (χ0) is 34.6. The van der Waals surface area contributed by atoms with E-state index >= 15 is 0 Å². The minimum atomic E-state index is -0.153. The fraction of sp³-hybridized carbons (Fsp3) is 0.429. The van der Waals surface area contributed by atoms with Gasteiger partial charge in [0.15, 0.2) is 23.1 Å². The summed E-state index contributed by atoms with van der Waals surface area (Å²) in [4.78, 5) is 16.6. The second-order valence-corrected chi connectivity index (χ2v) is 13.2. The van der Waals surface area contributed by atoms with E-state index in [-0.39, 0.29) is 30.6 Å². The summed E-state index contributed by atoms with van der Waals surface area (Å²) < 4.78 is 11.7. The van der Waals surface area contributed by atoms with Gasteiger partial charge in [-0.1, -0.05) is 36.0 Å². The lowest BCUT2D eigenvalue weighted by Gasteiger charge is -2.32. The van der Waals surface area contributed by atoms with Crippen LogP contribution in [0.15, 0.2) is 60.9 Å². The first-order chi connectivity index (χ1) is 23.7. The number of halogens is 2. The Morgan fingerprint density at radius 3 is 1.84 bits per heavy atom. The summed E-state index contributed by atoms with van der Waals surface area (Å²) in [7, 11) is 0. The molecule has 0 spiro atoms. The molecule has 262 valence electrons. The lowest BCUT2D eigenvalue weighted by atomic mass is 9.82. The number of aliphatic hydroxyl groups is 2. The Bertz CT molecular complexity index is 1610. The van der Waals surface area contributed by atoms with Crippen LogP contribution >= 0.6 is 23.2 Å². The molecule has 0 bridgehead atoms. The largest absolute Gasteiger partial charge is 0.452 e. The van der Waals surface area contributed by atoms with Gasteiger partial charge in [-0.05, 0) is 105 Å². The topological polar surface area (TPSA) is 187 Å². The molecule has 0 amide bonds. The smallest absolute Gasteiger partial charge is 0.222 e. The van der Waals surface area contributed by atoms with Crippen molar-refractivity contribution in [3.8, 4) is 23.0 Å². The van der Waals surface area contributed by atoms with Gasteiger partial charge in [0.1, 0.15) is 11.5 Å². The first-order valence-electron chi connectivity index (χ1n) is 16.7. The highest BCUT2D eigenvalue weighted by Gasteiger charge is 2.26. The van der Waals surface area contributed by atoms with E-state index in [1.807, 2.05) is 0 Å². The molecule has 2 atom stereocenters. The third-order valence-corrected chi connectivity index (χ3v) is 9.24. The maximum Gasteiger partial charge on any atom is 0.222 e. The summed E-state index contributed by atoms with van der Waals surface area (Å²) in [6.07, 6.45) is 12.0. The minimum Gasteiger partial charge on any atom is -0.452 e. The highest BCUT2D eigenvalue weighted by molar-refractivity contribution is 6.30. The summed E-state index contributed by atoms with van der Waals surface area (Å²) in [6, 6.07) is 14.4. The van der Waals surface area contributed by atoms with Crippen LogP contribution in [0.2, 0.25) is 10.0 Å². The Hall–Kier alpha value is -4.10. The molecular formula is C35H44Cl2N8O4. The zero-order valence-corrected chi connectivity index (χ0v) is 28.8. The lowest BCUT2D eigenvalue weighted by Crippen LogP contribution is -2.33. The molecule has 0 unspecified atom stereocenters. The fourth-order valence-electron chi connectivity index (χ4n) is 6.08. The minimum absolute atomic E-state index is 0.153. The second-order valence-electron chi connectivity index (χ2n) is 12.4. The molecule has 2 aromatic carbocycles. The SMILES string of the molecule is Nc1ncc(Oc2ccc(Cl)cc2)c(NCC2CCC(O)CC2)n1.Nc1ncc(Oc2ccc(Cl)cc2)c(N[C@@H]2CCCC[C@@H]2CCO)n1. The van der Waals surface area contributed by atoms with Crippen molar-refractivity contribution in [2.24, 2.45) is 11.8 Å². The maximum atomic E-state index is 9.59. The van der Waals surface area contributed by atoms with Gasteiger partial charge in [0.2, 0.25) is 11.9 Å². The normalized spacial score (nSPS) is 20.4. The second kappa shape index (κ2) is 18.1. The standard InChI is InChI=1S/C18H23ClN4O2.C17H21ClN4O2/c19-13-5-7-14(8-6-13)25-16-11-21-18(20)23-17(16)22-15-4-2-1-3-12(15)9-10-24;18-12-3-7-14(8-4-12)24-15-10-21-17(19)22-16(15)20-9-11-1-5-13(23)6-2-11/h5-8,11-12,15,24H,1-4,9-10H2,(H3,20,21,22,23);3-4,7-8,10-11,13,23H,1-2,5-6,9H2,(H3,19,20,21,22)/t12-,15-;/m1./s1. The number of benzene rings is 2. The van der Waals surface area contributed by atoms with E-state index in [1.165, 1.54) is 6.42 Å². The van der Waals surface area contributed by atoms with Crippen LogP contribution in [-0.4, -0.2) is 55.4 Å². The van der Waals surface area contributed by atoms with Gasteiger partial charge < -0.3 is 41.8 Å². The van der Waals surface area contributed by atoms with Crippen molar-refractivity contribution >= 4 is 46.7 Å². The van der Waals surface area contributed by atoms with Crippen molar-refractivity contribution in [1.82, 2.24) is 19.9 Å². The quantitative estimate of drug-likeness (QED) is 0.0911. The van der Waals surface area contributed by atoms with E-state index in [2.05, 4.69) is 30.6 Å². The van der Waals surface area contributed by atoms with Crippen LogP contribution in [0.1, 0.15) is 57.8 Å². The lowest BCUT2D eigenvalue weighted by molar-refractivity contribution is 0.111. The van der Waals surface area contributed by atoms with Crippen molar-refractivity contribution in [2.75, 3.05) is 35.3 Å². The van der Waals surface area contributed by atoms with Crippen molar-refractivity contribution in [3.05, 3.63) is 71.0 Å². The number of nitrogen functional groups attached to an aromatic ring is 2. The average molecular weight is 712 g/mol. The van der Waals surface area contributed by atoms with Crippen LogP contribution < -0.4 is 31.6 Å². The Morgan fingerprint density at radius 2 is 1.27 bits per heavy atom. The van der Waals surface area contributed by atoms with E-state index in [4.69, 9.17) is 44.1 Å². The van der Waals surface area contributed by atoms with Crippen LogP contribution in [0, 0.1) is 11.8 Å². The summed E-state index contributed by atoms with van der Waals surface area (Å²) in [5, 5.41) is 27.0. The number of aromatic nitrogens is 4.